The van der Waals surface area contributed by atoms with Crippen molar-refractivity contribution in [1.82, 2.24) is 25.3 Å². The zero-order valence-corrected chi connectivity index (χ0v) is 27.0. The van der Waals surface area contributed by atoms with Gasteiger partial charge in [0, 0.05) is 18.5 Å². The van der Waals surface area contributed by atoms with E-state index in [9.17, 15) is 21.4 Å². The maximum absolute atomic E-state index is 13.0. The predicted molar refractivity (Wildman–Crippen MR) is 143 cm³/mol. The summed E-state index contributed by atoms with van der Waals surface area (Å²) < 4.78 is 66.4. The molecule has 0 fully saturated rings. The van der Waals surface area contributed by atoms with E-state index in [2.05, 4.69) is 36.4 Å². The van der Waals surface area contributed by atoms with Crippen LogP contribution >= 0.6 is 0 Å². The molecule has 19 heteroatoms. The first-order valence-corrected chi connectivity index (χ1v) is 14.3. The Morgan fingerprint density at radius 2 is 1.90 bits per heavy atom. The average Bonchev–Trinajstić information content (AvgIpc) is 3.44. The van der Waals surface area contributed by atoms with Crippen molar-refractivity contribution >= 4 is 45.8 Å². The van der Waals surface area contributed by atoms with E-state index in [4.69, 9.17) is 27.7 Å². The number of tetrazole rings is 1. The number of halogens is 2. The van der Waals surface area contributed by atoms with Gasteiger partial charge in [-0.1, -0.05) is 38.1 Å². The molecule has 0 radical (unpaired) electrons. The molecule has 40 heavy (non-hydrogen) atoms. The van der Waals surface area contributed by atoms with E-state index in [1.54, 1.807) is 25.2 Å². The Morgan fingerprint density at radius 1 is 1.27 bits per heavy atom. The van der Waals surface area contributed by atoms with Crippen molar-refractivity contribution in [3.63, 3.8) is 0 Å². The summed E-state index contributed by atoms with van der Waals surface area (Å²) in [7, 11) is -5.08. The van der Waals surface area contributed by atoms with E-state index in [0.717, 1.165) is 0 Å². The van der Waals surface area contributed by atoms with E-state index in [1.807, 2.05) is 13.8 Å². The van der Waals surface area contributed by atoms with Crippen molar-refractivity contribution in [3.8, 4) is 22.5 Å². The molecule has 1 heterocycles. The average molecular weight is 792 g/mol. The Hall–Kier alpha value is -2.47. The molecule has 0 aliphatic carbocycles. The number of nitrogens with one attached hydrogen (secondary N) is 2. The molecule has 0 aliphatic heterocycles. The number of quaternary nitrogens is 1. The number of aromatic amines is 1. The van der Waals surface area contributed by atoms with E-state index in [-0.39, 0.29) is 56.8 Å². The topological polar surface area (TPSA) is 223 Å². The number of aromatic nitrogens is 4. The number of nitrogens with zero attached hydrogens (tertiary/aromatic N) is 4. The molecule has 2 aromatic carbocycles. The molecule has 8 N–H and O–H groups in total. The van der Waals surface area contributed by atoms with Gasteiger partial charge in [-0.25, -0.2) is 31.3 Å². The summed E-state index contributed by atoms with van der Waals surface area (Å²) in [5.74, 6) is -0.0652. The standard InChI is InChI=1S/C18H21F2N8O3S3.C2H6.CH2O2.W/c1-23-12-4-2-3-10(15(12)32)9-5-6-13(34(30,31)24-8-7-11(21)17(19)20)16(33(22)29)14(9)18-25-27-28-26-18;1-2;2-1-3;/h2-6,11,17,24H,7-8,21-22H2,1H3,(H2-,23,25,26,27,28,32);1-2H3;1H,(H,2,3);/q-1;;;+2. The van der Waals surface area contributed by atoms with Crippen LogP contribution in [0.3, 0.4) is 0 Å². The smallest absolute Gasteiger partial charge is 0.780 e. The van der Waals surface area contributed by atoms with Gasteiger partial charge in [-0.05, 0) is 22.4 Å². The van der Waals surface area contributed by atoms with Crippen molar-refractivity contribution in [3.05, 3.63) is 35.6 Å². The van der Waals surface area contributed by atoms with Gasteiger partial charge in [0.05, 0.1) is 4.90 Å². The molecule has 13 nitrogen and oxygen atoms in total. The minimum Gasteiger partial charge on any atom is -0.780 e. The monoisotopic (exact) mass is 791 g/mol. The number of carbonyl (C=O) groups is 1. The molecular formula is C21H29F2N8O5S3W+. The van der Waals surface area contributed by atoms with Crippen molar-refractivity contribution in [2.45, 2.75) is 47.4 Å². The van der Waals surface area contributed by atoms with Crippen LogP contribution in [0.5, 0.6) is 0 Å². The van der Waals surface area contributed by atoms with Crippen LogP contribution in [0.2, 0.25) is 0 Å². The number of carboxylic acid groups (broad SMARTS) is 1. The fourth-order valence-corrected chi connectivity index (χ4v) is 5.90. The van der Waals surface area contributed by atoms with Gasteiger partial charge in [0.2, 0.25) is 15.8 Å². The Kier molecular flexibility index (Phi) is 16.9. The molecule has 0 amide bonds. The Labute approximate surface area is 252 Å². The molecular weight excluding hydrogens is 762 g/mol. The second-order valence-electron chi connectivity index (χ2n) is 7.11. The SMILES string of the molecule is CC.C[N-]c1cccc(-c2ccc(S(=O)(=O)NCCC([NH3+])C(F)F)c(S(N)=O)c2-c2nn[nH]n2)c1[S-].O=CO.[W+2]. The van der Waals surface area contributed by atoms with Crippen LogP contribution in [0.1, 0.15) is 20.3 Å². The summed E-state index contributed by atoms with van der Waals surface area (Å²) in [5.41, 5.74) is 4.70. The quantitative estimate of drug-likeness (QED) is 0.147. The Bertz CT molecular complexity index is 1350. The summed E-state index contributed by atoms with van der Waals surface area (Å²) in [6.07, 6.45) is -2.90. The second kappa shape index (κ2) is 18.1. The number of sulfonamides is 1. The predicted octanol–water partition coefficient (Wildman–Crippen LogP) is 1.32. The molecule has 220 valence electrons. The summed E-state index contributed by atoms with van der Waals surface area (Å²) >= 11 is 5.52. The summed E-state index contributed by atoms with van der Waals surface area (Å²) in [6, 6.07) is 6.50. The molecule has 0 aliphatic rings. The third kappa shape index (κ3) is 9.57. The second-order valence-corrected chi connectivity index (χ2v) is 10.3. The fraction of sp³-hybridized carbons (Fsp3) is 0.333. The van der Waals surface area contributed by atoms with Crippen LogP contribution in [0.25, 0.3) is 27.8 Å². The molecule has 0 bridgehead atoms. The van der Waals surface area contributed by atoms with Gasteiger partial charge in [0.25, 0.3) is 12.9 Å². The van der Waals surface area contributed by atoms with Gasteiger partial charge >= 0.3 is 21.1 Å². The number of hydrogen-bond acceptors (Lipinski definition) is 8. The van der Waals surface area contributed by atoms with Crippen LogP contribution in [0.15, 0.2) is 45.0 Å². The minimum atomic E-state index is -4.32. The van der Waals surface area contributed by atoms with Crippen LogP contribution in [0, 0.1) is 0 Å². The first kappa shape index (κ1) is 37.5. The normalized spacial score (nSPS) is 12.1. The van der Waals surface area contributed by atoms with Gasteiger partial charge in [-0.15, -0.1) is 17.2 Å². The van der Waals surface area contributed by atoms with Gasteiger partial charge in [0.1, 0.15) is 21.9 Å². The van der Waals surface area contributed by atoms with Crippen LogP contribution < -0.4 is 15.6 Å². The first-order valence-electron chi connectivity index (χ1n) is 11.2. The van der Waals surface area contributed by atoms with Gasteiger partial charge < -0.3 is 28.8 Å². The van der Waals surface area contributed by atoms with E-state index in [1.165, 1.54) is 12.1 Å². The molecule has 0 saturated carbocycles. The number of nitrogens with two attached hydrogens (primary N) is 1. The van der Waals surface area contributed by atoms with Crippen LogP contribution in [-0.2, 0) is 59.5 Å². The number of alkyl halides is 2. The van der Waals surface area contributed by atoms with E-state index < -0.39 is 38.4 Å². The van der Waals surface area contributed by atoms with Crippen molar-refractivity contribution in [1.29, 1.82) is 0 Å². The summed E-state index contributed by atoms with van der Waals surface area (Å²) in [5, 5.41) is 30.3. The van der Waals surface area contributed by atoms with Crippen molar-refractivity contribution in [2.24, 2.45) is 5.14 Å². The molecule has 2 unspecified atom stereocenters. The number of H-pyrrole nitrogens is 1. The maximum atomic E-state index is 13.0. The van der Waals surface area contributed by atoms with Crippen LogP contribution in [0.4, 0.5) is 14.5 Å². The zero-order valence-electron chi connectivity index (χ0n) is 21.6. The number of rotatable bonds is 10. The Balaban J connectivity index is 0.00000237. The van der Waals surface area contributed by atoms with Crippen molar-refractivity contribution < 1.29 is 58.1 Å². The molecule has 0 saturated heterocycles. The summed E-state index contributed by atoms with van der Waals surface area (Å²) in [4.78, 5) is 8.02. The van der Waals surface area contributed by atoms with E-state index in [0.29, 0.717) is 21.7 Å². The largest absolute Gasteiger partial charge is 2.00 e. The first-order chi connectivity index (χ1) is 18.5. The molecule has 0 spiro atoms. The molecule has 3 aromatic rings. The number of hydrogen-bond donors (Lipinski definition) is 5. The molecule has 3 rings (SSSR count). The summed E-state index contributed by atoms with van der Waals surface area (Å²) in [6.45, 7) is 3.44. The molecule has 1 aromatic heterocycles. The van der Waals surface area contributed by atoms with Gasteiger partial charge in [0.15, 0.2) is 0 Å². The third-order valence-corrected chi connectivity index (χ3v) is 7.76. The van der Waals surface area contributed by atoms with Crippen molar-refractivity contribution in [2.75, 3.05) is 13.6 Å². The van der Waals surface area contributed by atoms with Crippen LogP contribution in [-0.4, -0.2) is 70.9 Å². The van der Waals surface area contributed by atoms with E-state index >= 15 is 0 Å². The maximum Gasteiger partial charge on any atom is 2.00 e. The number of benzene rings is 2. The fourth-order valence-electron chi connectivity index (χ4n) is 3.18. The Morgan fingerprint density at radius 3 is 2.40 bits per heavy atom. The van der Waals surface area contributed by atoms with Gasteiger partial charge in [-0.2, -0.15) is 15.8 Å². The minimum absolute atomic E-state index is 0. The molecule has 2 atom stereocenters. The van der Waals surface area contributed by atoms with Gasteiger partial charge in [-0.3, -0.25) is 4.79 Å². The zero-order chi connectivity index (χ0) is 29.8. The third-order valence-electron chi connectivity index (χ3n) is 4.87.